The normalized spacial score (nSPS) is 18.0. The van der Waals surface area contributed by atoms with Crippen molar-refractivity contribution in [2.45, 2.75) is 25.3 Å². The maximum atomic E-state index is 12.0. The minimum absolute atomic E-state index is 0.0483. The van der Waals surface area contributed by atoms with E-state index in [0.29, 0.717) is 6.61 Å². The van der Waals surface area contributed by atoms with Crippen molar-refractivity contribution >= 4 is 11.6 Å². The Morgan fingerprint density at radius 3 is 2.76 bits per heavy atom. The van der Waals surface area contributed by atoms with Crippen molar-refractivity contribution in [1.29, 1.82) is 0 Å². The Labute approximate surface area is 126 Å². The standard InChI is InChI=1S/C16H25N3O2/c1-19(2)11-4-12-21-14-8-6-13(7-9-14)18-16(20)15-5-3-10-17-15/h6-9,15,17H,3-5,10-12H2,1-2H3,(H,18,20)/t15-/m1/s1. The summed E-state index contributed by atoms with van der Waals surface area (Å²) < 4.78 is 5.66. The highest BCUT2D eigenvalue weighted by Gasteiger charge is 2.21. The van der Waals surface area contributed by atoms with E-state index in [1.165, 1.54) is 0 Å². The first kappa shape index (κ1) is 15.8. The largest absolute Gasteiger partial charge is 0.494 e. The lowest BCUT2D eigenvalue weighted by Gasteiger charge is -2.12. The van der Waals surface area contributed by atoms with Gasteiger partial charge in [0.1, 0.15) is 5.75 Å². The van der Waals surface area contributed by atoms with E-state index in [4.69, 9.17) is 4.74 Å². The van der Waals surface area contributed by atoms with Crippen LogP contribution in [0.25, 0.3) is 0 Å². The van der Waals surface area contributed by atoms with Crippen LogP contribution < -0.4 is 15.4 Å². The highest BCUT2D eigenvalue weighted by molar-refractivity contribution is 5.95. The van der Waals surface area contributed by atoms with Crippen molar-refractivity contribution in [3.63, 3.8) is 0 Å². The molecule has 0 aromatic heterocycles. The fourth-order valence-corrected chi connectivity index (χ4v) is 2.34. The third kappa shape index (κ3) is 5.36. The maximum absolute atomic E-state index is 12.0. The molecule has 5 heteroatoms. The van der Waals surface area contributed by atoms with Gasteiger partial charge in [-0.2, -0.15) is 0 Å². The van der Waals surface area contributed by atoms with Crippen molar-refractivity contribution in [2.75, 3.05) is 39.1 Å². The quantitative estimate of drug-likeness (QED) is 0.751. The first-order valence-electron chi connectivity index (χ1n) is 7.57. The third-order valence-electron chi connectivity index (χ3n) is 3.52. The Morgan fingerprint density at radius 2 is 2.14 bits per heavy atom. The van der Waals surface area contributed by atoms with Crippen molar-refractivity contribution in [2.24, 2.45) is 0 Å². The summed E-state index contributed by atoms with van der Waals surface area (Å²) in [6, 6.07) is 7.51. The molecule has 0 radical (unpaired) electrons. The van der Waals surface area contributed by atoms with Gasteiger partial charge in [0.25, 0.3) is 0 Å². The van der Waals surface area contributed by atoms with Crippen LogP contribution in [0.5, 0.6) is 5.75 Å². The molecule has 1 aromatic rings. The minimum atomic E-state index is -0.0491. The van der Waals surface area contributed by atoms with E-state index >= 15 is 0 Å². The van der Waals surface area contributed by atoms with Gasteiger partial charge in [-0.3, -0.25) is 4.79 Å². The summed E-state index contributed by atoms with van der Waals surface area (Å²) >= 11 is 0. The van der Waals surface area contributed by atoms with Crippen LogP contribution in [0, 0.1) is 0 Å². The van der Waals surface area contributed by atoms with Crippen LogP contribution in [0.4, 0.5) is 5.69 Å². The zero-order valence-corrected chi connectivity index (χ0v) is 12.9. The fraction of sp³-hybridized carbons (Fsp3) is 0.562. The molecule has 1 amide bonds. The number of hydrogen-bond donors (Lipinski definition) is 2. The molecule has 0 spiro atoms. The molecule has 0 bridgehead atoms. The summed E-state index contributed by atoms with van der Waals surface area (Å²) in [5.41, 5.74) is 0.814. The van der Waals surface area contributed by atoms with Crippen molar-refractivity contribution in [1.82, 2.24) is 10.2 Å². The molecule has 1 saturated heterocycles. The SMILES string of the molecule is CN(C)CCCOc1ccc(NC(=O)[C@H]2CCCN2)cc1. The maximum Gasteiger partial charge on any atom is 0.241 e. The van der Waals surface area contributed by atoms with Gasteiger partial charge in [-0.25, -0.2) is 0 Å². The molecule has 21 heavy (non-hydrogen) atoms. The second kappa shape index (κ2) is 8.00. The molecule has 1 heterocycles. The number of benzene rings is 1. The van der Waals surface area contributed by atoms with E-state index in [2.05, 4.69) is 29.6 Å². The van der Waals surface area contributed by atoms with Crippen LogP contribution >= 0.6 is 0 Å². The number of carbonyl (C=O) groups is 1. The topological polar surface area (TPSA) is 53.6 Å². The molecule has 1 atom stereocenters. The second-order valence-electron chi connectivity index (χ2n) is 5.67. The van der Waals surface area contributed by atoms with Crippen molar-refractivity contribution in [3.8, 4) is 5.75 Å². The average Bonchev–Trinajstić information content (AvgIpc) is 2.99. The zero-order chi connectivity index (χ0) is 15.1. The molecule has 0 saturated carbocycles. The number of nitrogens with zero attached hydrogens (tertiary/aromatic N) is 1. The van der Waals surface area contributed by atoms with Crippen LogP contribution in [-0.2, 0) is 4.79 Å². The first-order valence-corrected chi connectivity index (χ1v) is 7.57. The average molecular weight is 291 g/mol. The molecular formula is C16H25N3O2. The summed E-state index contributed by atoms with van der Waals surface area (Å²) in [6.07, 6.45) is 2.98. The number of amides is 1. The van der Waals surface area contributed by atoms with E-state index in [9.17, 15) is 4.79 Å². The van der Waals surface area contributed by atoms with Gasteiger partial charge in [-0.1, -0.05) is 0 Å². The van der Waals surface area contributed by atoms with E-state index in [1.807, 2.05) is 24.3 Å². The van der Waals surface area contributed by atoms with Gasteiger partial charge >= 0.3 is 0 Å². The Hall–Kier alpha value is -1.59. The van der Waals surface area contributed by atoms with Gasteiger partial charge in [0.05, 0.1) is 12.6 Å². The smallest absolute Gasteiger partial charge is 0.241 e. The van der Waals surface area contributed by atoms with E-state index in [1.54, 1.807) is 0 Å². The number of nitrogens with one attached hydrogen (secondary N) is 2. The predicted molar refractivity (Wildman–Crippen MR) is 84.8 cm³/mol. The van der Waals surface area contributed by atoms with Gasteiger partial charge in [-0.15, -0.1) is 0 Å². The Balaban J connectivity index is 1.74. The second-order valence-corrected chi connectivity index (χ2v) is 5.67. The highest BCUT2D eigenvalue weighted by atomic mass is 16.5. The van der Waals surface area contributed by atoms with E-state index < -0.39 is 0 Å². The number of anilines is 1. The van der Waals surface area contributed by atoms with E-state index in [0.717, 1.165) is 43.8 Å². The van der Waals surface area contributed by atoms with Gasteiger partial charge in [0, 0.05) is 12.2 Å². The number of ether oxygens (including phenoxy) is 1. The zero-order valence-electron chi connectivity index (χ0n) is 12.9. The van der Waals surface area contributed by atoms with Crippen LogP contribution in [0.2, 0.25) is 0 Å². The Morgan fingerprint density at radius 1 is 1.38 bits per heavy atom. The fourth-order valence-electron chi connectivity index (χ4n) is 2.34. The highest BCUT2D eigenvalue weighted by Crippen LogP contribution is 2.17. The lowest BCUT2D eigenvalue weighted by molar-refractivity contribution is -0.117. The summed E-state index contributed by atoms with van der Waals surface area (Å²) in [5, 5.41) is 6.12. The number of carbonyl (C=O) groups excluding carboxylic acids is 1. The predicted octanol–water partition coefficient (Wildman–Crippen LogP) is 1.71. The number of hydrogen-bond acceptors (Lipinski definition) is 4. The van der Waals surface area contributed by atoms with E-state index in [-0.39, 0.29) is 11.9 Å². The Kier molecular flexibility index (Phi) is 6.02. The van der Waals surface area contributed by atoms with Crippen LogP contribution in [0.15, 0.2) is 24.3 Å². The summed E-state index contributed by atoms with van der Waals surface area (Å²) in [7, 11) is 4.10. The first-order chi connectivity index (χ1) is 10.1. The molecule has 5 nitrogen and oxygen atoms in total. The third-order valence-corrected chi connectivity index (χ3v) is 3.52. The molecule has 0 unspecified atom stereocenters. The van der Waals surface area contributed by atoms with Crippen molar-refractivity contribution in [3.05, 3.63) is 24.3 Å². The van der Waals surface area contributed by atoms with Crippen LogP contribution in [0.1, 0.15) is 19.3 Å². The molecule has 1 fully saturated rings. The lowest BCUT2D eigenvalue weighted by Crippen LogP contribution is -2.35. The van der Waals surface area contributed by atoms with Gasteiger partial charge < -0.3 is 20.3 Å². The molecule has 116 valence electrons. The summed E-state index contributed by atoms with van der Waals surface area (Å²) in [4.78, 5) is 14.1. The lowest BCUT2D eigenvalue weighted by atomic mass is 10.2. The molecule has 1 aromatic carbocycles. The minimum Gasteiger partial charge on any atom is -0.494 e. The summed E-state index contributed by atoms with van der Waals surface area (Å²) in [6.45, 7) is 2.65. The van der Waals surface area contributed by atoms with Gasteiger partial charge in [0.15, 0.2) is 0 Å². The summed E-state index contributed by atoms with van der Waals surface area (Å²) in [5.74, 6) is 0.887. The molecule has 1 aliphatic heterocycles. The molecule has 0 aliphatic carbocycles. The van der Waals surface area contributed by atoms with Crippen LogP contribution in [-0.4, -0.2) is 50.6 Å². The van der Waals surface area contributed by atoms with Crippen LogP contribution in [0.3, 0.4) is 0 Å². The van der Waals surface area contributed by atoms with Gasteiger partial charge in [0.2, 0.25) is 5.91 Å². The van der Waals surface area contributed by atoms with Gasteiger partial charge in [-0.05, 0) is 64.2 Å². The molecule has 2 rings (SSSR count). The Bertz CT molecular complexity index is 439. The molecule has 2 N–H and O–H groups in total. The molecular weight excluding hydrogens is 266 g/mol. The molecule has 1 aliphatic rings. The number of rotatable bonds is 7. The monoisotopic (exact) mass is 291 g/mol. The van der Waals surface area contributed by atoms with Crippen molar-refractivity contribution < 1.29 is 9.53 Å².